The van der Waals surface area contributed by atoms with Crippen LogP contribution in [-0.2, 0) is 0 Å². The predicted molar refractivity (Wildman–Crippen MR) is 71.1 cm³/mol. The van der Waals surface area contributed by atoms with Crippen LogP contribution in [0.3, 0.4) is 0 Å². The summed E-state index contributed by atoms with van der Waals surface area (Å²) in [5.74, 6) is 0.677. The van der Waals surface area contributed by atoms with Crippen LogP contribution < -0.4 is 5.32 Å². The smallest absolute Gasteiger partial charge is 0.0496 e. The molecule has 0 aliphatic heterocycles. The summed E-state index contributed by atoms with van der Waals surface area (Å²) in [6.07, 6.45) is 2.24. The quantitative estimate of drug-likeness (QED) is 0.791. The van der Waals surface area contributed by atoms with Crippen molar-refractivity contribution in [1.82, 2.24) is 5.32 Å². The standard InChI is InChI=1S/C15H23NO/c1-3-15(2,11-17)10-16-14-9-13(14)12-7-5-4-6-8-12/h4-8,13-14,16-17H,3,9-11H2,1-2H3. The molecule has 0 radical (unpaired) electrons. The van der Waals surface area contributed by atoms with Gasteiger partial charge < -0.3 is 10.4 Å². The molecule has 1 aromatic carbocycles. The lowest BCUT2D eigenvalue weighted by Crippen LogP contribution is -2.35. The third-order valence-corrected chi connectivity index (χ3v) is 4.04. The third kappa shape index (κ3) is 3.08. The van der Waals surface area contributed by atoms with E-state index in [4.69, 9.17) is 0 Å². The molecule has 17 heavy (non-hydrogen) atoms. The molecule has 1 aliphatic rings. The van der Waals surface area contributed by atoms with Crippen LogP contribution in [-0.4, -0.2) is 24.3 Å². The van der Waals surface area contributed by atoms with Gasteiger partial charge in [-0.3, -0.25) is 0 Å². The molecule has 0 heterocycles. The summed E-state index contributed by atoms with van der Waals surface area (Å²) in [4.78, 5) is 0. The van der Waals surface area contributed by atoms with Crippen LogP contribution in [0.4, 0.5) is 0 Å². The van der Waals surface area contributed by atoms with E-state index in [0.29, 0.717) is 12.0 Å². The van der Waals surface area contributed by atoms with Crippen molar-refractivity contribution in [1.29, 1.82) is 0 Å². The second-order valence-corrected chi connectivity index (χ2v) is 5.56. The molecule has 0 bridgehead atoms. The largest absolute Gasteiger partial charge is 0.396 e. The molecule has 2 heteroatoms. The van der Waals surface area contributed by atoms with Crippen molar-refractivity contribution >= 4 is 0 Å². The van der Waals surface area contributed by atoms with Crippen LogP contribution >= 0.6 is 0 Å². The maximum atomic E-state index is 9.36. The number of hydrogen-bond donors (Lipinski definition) is 2. The molecule has 1 saturated carbocycles. The van der Waals surface area contributed by atoms with Gasteiger partial charge in [0.25, 0.3) is 0 Å². The van der Waals surface area contributed by atoms with Crippen LogP contribution in [0.5, 0.6) is 0 Å². The van der Waals surface area contributed by atoms with Crippen LogP contribution in [0.25, 0.3) is 0 Å². The van der Waals surface area contributed by atoms with E-state index < -0.39 is 0 Å². The van der Waals surface area contributed by atoms with E-state index >= 15 is 0 Å². The summed E-state index contributed by atoms with van der Waals surface area (Å²) < 4.78 is 0. The molecule has 1 aliphatic carbocycles. The van der Waals surface area contributed by atoms with Crippen LogP contribution in [0.2, 0.25) is 0 Å². The van der Waals surface area contributed by atoms with E-state index in [0.717, 1.165) is 13.0 Å². The summed E-state index contributed by atoms with van der Waals surface area (Å²) in [7, 11) is 0. The Morgan fingerprint density at radius 1 is 1.35 bits per heavy atom. The molecule has 0 saturated heterocycles. The van der Waals surface area contributed by atoms with Gasteiger partial charge in [0.15, 0.2) is 0 Å². The van der Waals surface area contributed by atoms with Crippen molar-refractivity contribution in [3.8, 4) is 0 Å². The molecule has 2 N–H and O–H groups in total. The minimum atomic E-state index is 0.0316. The van der Waals surface area contributed by atoms with Gasteiger partial charge in [0, 0.05) is 30.5 Å². The fraction of sp³-hybridized carbons (Fsp3) is 0.600. The molecule has 2 nitrogen and oxygen atoms in total. The zero-order chi connectivity index (χ0) is 12.3. The van der Waals surface area contributed by atoms with E-state index in [2.05, 4.69) is 49.5 Å². The van der Waals surface area contributed by atoms with E-state index in [9.17, 15) is 5.11 Å². The van der Waals surface area contributed by atoms with Gasteiger partial charge in [-0.25, -0.2) is 0 Å². The van der Waals surface area contributed by atoms with Crippen molar-refractivity contribution < 1.29 is 5.11 Å². The molecule has 3 atom stereocenters. The van der Waals surface area contributed by atoms with Crippen molar-refractivity contribution in [2.24, 2.45) is 5.41 Å². The van der Waals surface area contributed by atoms with E-state index in [1.165, 1.54) is 12.0 Å². The molecule has 1 aromatic rings. The highest BCUT2D eigenvalue weighted by Crippen LogP contribution is 2.41. The summed E-state index contributed by atoms with van der Waals surface area (Å²) in [5, 5.41) is 12.9. The van der Waals surface area contributed by atoms with Crippen LogP contribution in [0.1, 0.15) is 38.2 Å². The average molecular weight is 233 g/mol. The summed E-state index contributed by atoms with van der Waals surface area (Å²) >= 11 is 0. The molecule has 3 unspecified atom stereocenters. The molecule has 94 valence electrons. The van der Waals surface area contributed by atoms with Gasteiger partial charge in [0.1, 0.15) is 0 Å². The van der Waals surface area contributed by atoms with Gasteiger partial charge in [-0.1, -0.05) is 44.2 Å². The van der Waals surface area contributed by atoms with Gasteiger partial charge in [0.05, 0.1) is 0 Å². The maximum Gasteiger partial charge on any atom is 0.0496 e. The minimum Gasteiger partial charge on any atom is -0.396 e. The van der Waals surface area contributed by atoms with Gasteiger partial charge in [-0.15, -0.1) is 0 Å². The van der Waals surface area contributed by atoms with E-state index in [-0.39, 0.29) is 12.0 Å². The Morgan fingerprint density at radius 2 is 2.06 bits per heavy atom. The summed E-state index contributed by atoms with van der Waals surface area (Å²) in [5.41, 5.74) is 1.47. The summed E-state index contributed by atoms with van der Waals surface area (Å²) in [6, 6.07) is 11.3. The number of nitrogens with one attached hydrogen (secondary N) is 1. The molecular weight excluding hydrogens is 210 g/mol. The van der Waals surface area contributed by atoms with Gasteiger partial charge in [-0.05, 0) is 18.4 Å². The lowest BCUT2D eigenvalue weighted by molar-refractivity contribution is 0.135. The highest BCUT2D eigenvalue weighted by molar-refractivity contribution is 5.27. The van der Waals surface area contributed by atoms with Crippen molar-refractivity contribution in [3.63, 3.8) is 0 Å². The second-order valence-electron chi connectivity index (χ2n) is 5.56. The van der Waals surface area contributed by atoms with Crippen molar-refractivity contribution in [2.45, 2.75) is 38.6 Å². The number of benzene rings is 1. The third-order valence-electron chi connectivity index (χ3n) is 4.04. The lowest BCUT2D eigenvalue weighted by Gasteiger charge is -2.26. The van der Waals surface area contributed by atoms with Crippen molar-refractivity contribution in [3.05, 3.63) is 35.9 Å². The highest BCUT2D eigenvalue weighted by Gasteiger charge is 2.38. The van der Waals surface area contributed by atoms with Crippen molar-refractivity contribution in [2.75, 3.05) is 13.2 Å². The zero-order valence-corrected chi connectivity index (χ0v) is 10.8. The number of aliphatic hydroxyl groups is 1. The molecular formula is C15H23NO. The Bertz CT molecular complexity index is 345. The number of aliphatic hydroxyl groups excluding tert-OH is 1. The van der Waals surface area contributed by atoms with Gasteiger partial charge in [0.2, 0.25) is 0 Å². The molecule has 2 rings (SSSR count). The molecule has 1 fully saturated rings. The lowest BCUT2D eigenvalue weighted by atomic mass is 9.88. The zero-order valence-electron chi connectivity index (χ0n) is 10.8. The second kappa shape index (κ2) is 5.19. The first-order valence-electron chi connectivity index (χ1n) is 6.58. The molecule has 0 aromatic heterocycles. The predicted octanol–water partition coefficient (Wildman–Crippen LogP) is 2.54. The van der Waals surface area contributed by atoms with Crippen LogP contribution in [0, 0.1) is 5.41 Å². The Hall–Kier alpha value is -0.860. The SMILES string of the molecule is CCC(C)(CO)CNC1CC1c1ccccc1. The fourth-order valence-electron chi connectivity index (χ4n) is 2.16. The molecule has 0 amide bonds. The number of hydrogen-bond acceptors (Lipinski definition) is 2. The summed E-state index contributed by atoms with van der Waals surface area (Å²) in [6.45, 7) is 5.45. The Labute approximate surface area is 104 Å². The topological polar surface area (TPSA) is 32.3 Å². The first-order valence-corrected chi connectivity index (χ1v) is 6.58. The minimum absolute atomic E-state index is 0.0316. The van der Waals surface area contributed by atoms with Gasteiger partial charge in [-0.2, -0.15) is 0 Å². The van der Waals surface area contributed by atoms with Gasteiger partial charge >= 0.3 is 0 Å². The number of rotatable bonds is 6. The van der Waals surface area contributed by atoms with E-state index in [1.54, 1.807) is 0 Å². The first kappa shape index (κ1) is 12.6. The Balaban J connectivity index is 1.81. The fourth-order valence-corrected chi connectivity index (χ4v) is 2.16. The highest BCUT2D eigenvalue weighted by atomic mass is 16.3. The molecule has 0 spiro atoms. The first-order chi connectivity index (χ1) is 8.18. The Morgan fingerprint density at radius 3 is 2.65 bits per heavy atom. The van der Waals surface area contributed by atoms with E-state index in [1.807, 2.05) is 0 Å². The Kier molecular flexibility index (Phi) is 3.85. The monoisotopic (exact) mass is 233 g/mol. The van der Waals surface area contributed by atoms with Crippen LogP contribution in [0.15, 0.2) is 30.3 Å². The average Bonchev–Trinajstić information content (AvgIpc) is 3.17. The maximum absolute atomic E-state index is 9.36. The normalized spacial score (nSPS) is 26.5.